The van der Waals surface area contributed by atoms with Crippen molar-refractivity contribution in [1.29, 1.82) is 0 Å². The van der Waals surface area contributed by atoms with Crippen LogP contribution in [0.25, 0.3) is 0 Å². The molecule has 0 aliphatic rings. The van der Waals surface area contributed by atoms with Gasteiger partial charge in [0.1, 0.15) is 5.82 Å². The van der Waals surface area contributed by atoms with Gasteiger partial charge in [-0.25, -0.2) is 4.39 Å². The van der Waals surface area contributed by atoms with Crippen LogP contribution in [0.15, 0.2) is 18.3 Å². The van der Waals surface area contributed by atoms with E-state index >= 15 is 0 Å². The number of halogens is 1. The molecule has 4 nitrogen and oxygen atoms in total. The summed E-state index contributed by atoms with van der Waals surface area (Å²) in [6.45, 7) is 5.65. The molecule has 0 spiro atoms. The molecule has 0 aliphatic carbocycles. The molecule has 1 unspecified atom stereocenters. The monoisotopic (exact) mass is 284 g/mol. The summed E-state index contributed by atoms with van der Waals surface area (Å²) in [5.74, 6) is -0.403. The van der Waals surface area contributed by atoms with Crippen LogP contribution in [-0.2, 0) is 0 Å². The molecule has 114 valence electrons. The first-order valence-electron chi connectivity index (χ1n) is 7.26. The molecule has 1 heterocycles. The molecule has 1 aromatic rings. The highest BCUT2D eigenvalue weighted by Crippen LogP contribution is 2.17. The number of aliphatic hydroxyl groups excluding tert-OH is 2. The zero-order valence-electron chi connectivity index (χ0n) is 12.3. The second-order valence-electron chi connectivity index (χ2n) is 4.94. The molecule has 0 saturated heterocycles. The lowest BCUT2D eigenvalue weighted by atomic mass is 10.1. The molecule has 5 heteroatoms. The summed E-state index contributed by atoms with van der Waals surface area (Å²) in [5, 5.41) is 19.2. The maximum Gasteiger partial charge on any atom is 0.141 e. The van der Waals surface area contributed by atoms with Gasteiger partial charge in [-0.2, -0.15) is 0 Å². The van der Waals surface area contributed by atoms with Crippen LogP contribution in [-0.4, -0.2) is 45.8 Å². The predicted molar refractivity (Wildman–Crippen MR) is 76.8 cm³/mol. The summed E-state index contributed by atoms with van der Waals surface area (Å²) in [5.41, 5.74) is 0.486. The predicted octanol–water partition coefficient (Wildman–Crippen LogP) is 2.13. The number of nitrogens with zero attached hydrogens (tertiary/aromatic N) is 2. The van der Waals surface area contributed by atoms with Crippen LogP contribution in [0.3, 0.4) is 0 Å². The summed E-state index contributed by atoms with van der Waals surface area (Å²) < 4.78 is 12.8. The third-order valence-electron chi connectivity index (χ3n) is 3.63. The number of hydrogen-bond acceptors (Lipinski definition) is 4. The lowest BCUT2D eigenvalue weighted by Crippen LogP contribution is -2.38. The fourth-order valence-corrected chi connectivity index (χ4v) is 2.43. The average molecular weight is 284 g/mol. The van der Waals surface area contributed by atoms with Crippen LogP contribution in [0.5, 0.6) is 0 Å². The highest BCUT2D eigenvalue weighted by molar-refractivity contribution is 5.07. The van der Waals surface area contributed by atoms with E-state index in [0.717, 1.165) is 19.0 Å². The summed E-state index contributed by atoms with van der Waals surface area (Å²) in [7, 11) is 0. The minimum Gasteiger partial charge on any atom is -0.395 e. The van der Waals surface area contributed by atoms with Gasteiger partial charge in [-0.05, 0) is 31.4 Å². The first kappa shape index (κ1) is 17.0. The van der Waals surface area contributed by atoms with Crippen LogP contribution in [0.2, 0.25) is 0 Å². The van der Waals surface area contributed by atoms with Gasteiger partial charge in [-0.3, -0.25) is 9.88 Å². The normalized spacial score (nSPS) is 13.2. The second-order valence-corrected chi connectivity index (χ2v) is 4.94. The second kappa shape index (κ2) is 9.00. The zero-order valence-corrected chi connectivity index (χ0v) is 12.3. The van der Waals surface area contributed by atoms with Gasteiger partial charge in [0.25, 0.3) is 0 Å². The van der Waals surface area contributed by atoms with E-state index in [4.69, 9.17) is 5.11 Å². The van der Waals surface area contributed by atoms with Crippen molar-refractivity contribution >= 4 is 0 Å². The summed E-state index contributed by atoms with van der Waals surface area (Å²) in [6, 6.07) is 3.22. The fraction of sp³-hybridized carbons (Fsp3) is 0.667. The highest BCUT2D eigenvalue weighted by atomic mass is 19.1. The van der Waals surface area contributed by atoms with Gasteiger partial charge in [-0.1, -0.05) is 13.8 Å². The van der Waals surface area contributed by atoms with Crippen molar-refractivity contribution in [3.8, 4) is 0 Å². The molecule has 1 rings (SSSR count). The Labute approximate surface area is 120 Å². The minimum absolute atomic E-state index is 0.112. The average Bonchev–Trinajstić information content (AvgIpc) is 2.46. The Balaban J connectivity index is 2.55. The third kappa shape index (κ3) is 5.15. The van der Waals surface area contributed by atoms with E-state index in [2.05, 4.69) is 23.7 Å². The molecular formula is C15H25FN2O2. The standard InChI is InChI=1S/C15H25FN2O2/c1-3-13(4-2)18(9-10-19)8-7-15(20)14-6-5-12(16)11-17-14/h5-6,11,13,15,19-20H,3-4,7-10H2,1-2H3. The van der Waals surface area contributed by atoms with Crippen molar-refractivity contribution in [3.05, 3.63) is 29.8 Å². The van der Waals surface area contributed by atoms with Gasteiger partial charge in [-0.15, -0.1) is 0 Å². The summed E-state index contributed by atoms with van der Waals surface area (Å²) in [4.78, 5) is 6.08. The minimum atomic E-state index is -0.703. The summed E-state index contributed by atoms with van der Waals surface area (Å²) >= 11 is 0. The largest absolute Gasteiger partial charge is 0.395 e. The molecule has 2 N–H and O–H groups in total. The van der Waals surface area contributed by atoms with E-state index in [1.54, 1.807) is 0 Å². The highest BCUT2D eigenvalue weighted by Gasteiger charge is 2.17. The molecule has 1 atom stereocenters. The lowest BCUT2D eigenvalue weighted by molar-refractivity contribution is 0.102. The Hall–Kier alpha value is -1.04. The quantitative estimate of drug-likeness (QED) is 0.729. The van der Waals surface area contributed by atoms with Gasteiger partial charge in [0.05, 0.1) is 24.6 Å². The van der Waals surface area contributed by atoms with E-state index in [1.807, 2.05) is 0 Å². The number of hydrogen-bond donors (Lipinski definition) is 2. The van der Waals surface area contributed by atoms with Gasteiger partial charge in [0, 0.05) is 19.1 Å². The first-order valence-corrected chi connectivity index (χ1v) is 7.26. The Bertz CT molecular complexity index is 369. The lowest BCUT2D eigenvalue weighted by Gasteiger charge is -2.30. The maximum atomic E-state index is 12.8. The van der Waals surface area contributed by atoms with Crippen molar-refractivity contribution in [2.24, 2.45) is 0 Å². The van der Waals surface area contributed by atoms with Crippen LogP contribution in [0, 0.1) is 5.82 Å². The van der Waals surface area contributed by atoms with Gasteiger partial charge >= 0.3 is 0 Å². The van der Waals surface area contributed by atoms with E-state index in [0.29, 0.717) is 31.2 Å². The number of aliphatic hydroxyl groups is 2. The van der Waals surface area contributed by atoms with Crippen molar-refractivity contribution in [3.63, 3.8) is 0 Å². The molecule has 20 heavy (non-hydrogen) atoms. The molecule has 1 aromatic heterocycles. The van der Waals surface area contributed by atoms with Crippen molar-refractivity contribution in [2.45, 2.75) is 45.3 Å². The Morgan fingerprint density at radius 3 is 2.45 bits per heavy atom. The van der Waals surface area contributed by atoms with Gasteiger partial charge in [0.15, 0.2) is 0 Å². The van der Waals surface area contributed by atoms with E-state index in [9.17, 15) is 9.50 Å². The molecule has 0 radical (unpaired) electrons. The third-order valence-corrected chi connectivity index (χ3v) is 3.63. The van der Waals surface area contributed by atoms with Gasteiger partial charge in [0.2, 0.25) is 0 Å². The van der Waals surface area contributed by atoms with Crippen LogP contribution in [0.1, 0.15) is 44.9 Å². The number of rotatable bonds is 9. The Kier molecular flexibility index (Phi) is 7.65. The van der Waals surface area contributed by atoms with Crippen LogP contribution < -0.4 is 0 Å². The topological polar surface area (TPSA) is 56.6 Å². The Morgan fingerprint density at radius 2 is 1.95 bits per heavy atom. The fourth-order valence-electron chi connectivity index (χ4n) is 2.43. The number of pyridine rings is 1. The van der Waals surface area contributed by atoms with Gasteiger partial charge < -0.3 is 10.2 Å². The summed E-state index contributed by atoms with van der Waals surface area (Å²) in [6.07, 6.45) is 2.97. The molecular weight excluding hydrogens is 259 g/mol. The molecule has 0 fully saturated rings. The van der Waals surface area contributed by atoms with E-state index < -0.39 is 11.9 Å². The molecule has 0 aromatic carbocycles. The number of aromatic nitrogens is 1. The molecule has 0 bridgehead atoms. The molecule has 0 amide bonds. The SMILES string of the molecule is CCC(CC)N(CCO)CCC(O)c1ccc(F)cn1. The van der Waals surface area contributed by atoms with E-state index in [-0.39, 0.29) is 6.61 Å². The van der Waals surface area contributed by atoms with Crippen LogP contribution in [0.4, 0.5) is 4.39 Å². The maximum absolute atomic E-state index is 12.8. The smallest absolute Gasteiger partial charge is 0.141 e. The van der Waals surface area contributed by atoms with Crippen molar-refractivity contribution in [1.82, 2.24) is 9.88 Å². The zero-order chi connectivity index (χ0) is 15.0. The van der Waals surface area contributed by atoms with Crippen molar-refractivity contribution < 1.29 is 14.6 Å². The first-order chi connectivity index (χ1) is 9.62. The molecule has 0 aliphatic heterocycles. The van der Waals surface area contributed by atoms with Crippen LogP contribution >= 0.6 is 0 Å². The van der Waals surface area contributed by atoms with Crippen molar-refractivity contribution in [2.75, 3.05) is 19.7 Å². The molecule has 0 saturated carbocycles. The Morgan fingerprint density at radius 1 is 1.25 bits per heavy atom. The van der Waals surface area contributed by atoms with E-state index in [1.165, 1.54) is 12.1 Å².